The minimum atomic E-state index is 0.307. The summed E-state index contributed by atoms with van der Waals surface area (Å²) in [5.41, 5.74) is 2.35. The van der Waals surface area contributed by atoms with Crippen LogP contribution in [0.3, 0.4) is 0 Å². The molecule has 104 valence electrons. The molecular formula is C16H18N2S2. The van der Waals surface area contributed by atoms with Gasteiger partial charge in [-0.15, -0.1) is 22.7 Å². The van der Waals surface area contributed by atoms with E-state index in [0.29, 0.717) is 12.1 Å². The summed E-state index contributed by atoms with van der Waals surface area (Å²) in [5.74, 6) is 0. The third-order valence-electron chi connectivity index (χ3n) is 3.57. The number of thiophene rings is 2. The number of hydrogen-bond donors (Lipinski definition) is 1. The molecular weight excluding hydrogens is 284 g/mol. The zero-order valence-electron chi connectivity index (χ0n) is 11.7. The lowest BCUT2D eigenvalue weighted by molar-refractivity contribution is 0.461. The second-order valence-electron chi connectivity index (χ2n) is 4.94. The van der Waals surface area contributed by atoms with Gasteiger partial charge in [0.1, 0.15) is 0 Å². The Bertz CT molecular complexity index is 673. The van der Waals surface area contributed by atoms with Gasteiger partial charge in [-0.1, -0.05) is 13.0 Å². The van der Waals surface area contributed by atoms with Crippen LogP contribution in [0, 0.1) is 0 Å². The van der Waals surface area contributed by atoms with Gasteiger partial charge < -0.3 is 5.32 Å². The summed E-state index contributed by atoms with van der Waals surface area (Å²) >= 11 is 3.57. The fraction of sp³-hybridized carbons (Fsp3) is 0.312. The average molecular weight is 302 g/mol. The van der Waals surface area contributed by atoms with E-state index in [4.69, 9.17) is 0 Å². The normalized spacial score (nSPS) is 14.5. The van der Waals surface area contributed by atoms with Crippen LogP contribution in [-0.4, -0.2) is 4.98 Å². The molecule has 3 aromatic rings. The van der Waals surface area contributed by atoms with Gasteiger partial charge >= 0.3 is 0 Å². The van der Waals surface area contributed by atoms with Crippen molar-refractivity contribution in [2.75, 3.05) is 0 Å². The minimum Gasteiger partial charge on any atom is -0.303 e. The fourth-order valence-corrected chi connectivity index (χ4v) is 4.05. The van der Waals surface area contributed by atoms with E-state index >= 15 is 0 Å². The lowest BCUT2D eigenvalue weighted by Crippen LogP contribution is -2.23. The molecule has 3 aromatic heterocycles. The molecule has 0 saturated heterocycles. The van der Waals surface area contributed by atoms with Gasteiger partial charge in [-0.2, -0.15) is 0 Å². The van der Waals surface area contributed by atoms with Gasteiger partial charge in [0.25, 0.3) is 0 Å². The molecule has 0 aliphatic heterocycles. The Morgan fingerprint density at radius 2 is 2.15 bits per heavy atom. The summed E-state index contributed by atoms with van der Waals surface area (Å²) in [6.07, 6.45) is 3.09. The SMILES string of the molecule is CCC(NC(C)c1cnc2ccsc2c1)c1cccs1. The van der Waals surface area contributed by atoms with Crippen LogP contribution in [0.1, 0.15) is 42.8 Å². The zero-order chi connectivity index (χ0) is 13.9. The molecule has 0 aliphatic rings. The van der Waals surface area contributed by atoms with E-state index in [1.165, 1.54) is 15.1 Å². The summed E-state index contributed by atoms with van der Waals surface area (Å²) in [6.45, 7) is 4.44. The molecule has 0 radical (unpaired) electrons. The predicted molar refractivity (Wildman–Crippen MR) is 88.5 cm³/mol. The Labute approximate surface area is 127 Å². The molecule has 3 heterocycles. The van der Waals surface area contributed by atoms with Crippen molar-refractivity contribution in [1.29, 1.82) is 0 Å². The van der Waals surface area contributed by atoms with Crippen molar-refractivity contribution in [3.63, 3.8) is 0 Å². The van der Waals surface area contributed by atoms with Crippen LogP contribution in [0.5, 0.6) is 0 Å². The first kappa shape index (κ1) is 13.7. The maximum atomic E-state index is 4.53. The first-order valence-corrected chi connectivity index (χ1v) is 8.66. The van der Waals surface area contributed by atoms with E-state index in [0.717, 1.165) is 11.9 Å². The van der Waals surface area contributed by atoms with Crippen molar-refractivity contribution < 1.29 is 0 Å². The minimum absolute atomic E-state index is 0.307. The summed E-state index contributed by atoms with van der Waals surface area (Å²) in [6, 6.07) is 9.38. The van der Waals surface area contributed by atoms with Crippen LogP contribution in [0.15, 0.2) is 41.2 Å². The maximum Gasteiger partial charge on any atom is 0.0809 e. The second-order valence-corrected chi connectivity index (χ2v) is 6.86. The number of fused-ring (bicyclic) bond motifs is 1. The zero-order valence-corrected chi connectivity index (χ0v) is 13.3. The molecule has 0 aromatic carbocycles. The molecule has 0 amide bonds. The van der Waals surface area contributed by atoms with Crippen molar-refractivity contribution in [1.82, 2.24) is 10.3 Å². The van der Waals surface area contributed by atoms with Crippen molar-refractivity contribution in [2.24, 2.45) is 0 Å². The number of nitrogens with zero attached hydrogens (tertiary/aromatic N) is 1. The van der Waals surface area contributed by atoms with Gasteiger partial charge in [0.15, 0.2) is 0 Å². The van der Waals surface area contributed by atoms with Gasteiger partial charge in [0, 0.05) is 23.2 Å². The molecule has 4 heteroatoms. The lowest BCUT2D eigenvalue weighted by Gasteiger charge is -2.21. The first-order chi connectivity index (χ1) is 9.78. The van der Waals surface area contributed by atoms with Gasteiger partial charge in [0.05, 0.1) is 10.2 Å². The Morgan fingerprint density at radius 1 is 1.25 bits per heavy atom. The highest BCUT2D eigenvalue weighted by molar-refractivity contribution is 7.17. The van der Waals surface area contributed by atoms with E-state index in [1.807, 2.05) is 17.5 Å². The monoisotopic (exact) mass is 302 g/mol. The standard InChI is InChI=1S/C16H18N2S2/c1-3-13(15-5-4-7-19-15)18-11(2)12-9-16-14(17-10-12)6-8-20-16/h4-11,13,18H,3H2,1-2H3. The average Bonchev–Trinajstić information content (AvgIpc) is 3.14. The van der Waals surface area contributed by atoms with E-state index in [9.17, 15) is 0 Å². The smallest absolute Gasteiger partial charge is 0.0809 e. The Kier molecular flexibility index (Phi) is 4.15. The second kappa shape index (κ2) is 6.04. The van der Waals surface area contributed by atoms with E-state index < -0.39 is 0 Å². The summed E-state index contributed by atoms with van der Waals surface area (Å²) in [5, 5.41) is 7.96. The van der Waals surface area contributed by atoms with E-state index in [2.05, 4.69) is 59.2 Å². The van der Waals surface area contributed by atoms with Crippen LogP contribution in [0.25, 0.3) is 10.2 Å². The highest BCUT2D eigenvalue weighted by Crippen LogP contribution is 2.27. The Morgan fingerprint density at radius 3 is 2.90 bits per heavy atom. The highest BCUT2D eigenvalue weighted by Gasteiger charge is 2.15. The van der Waals surface area contributed by atoms with Crippen LogP contribution in [0.2, 0.25) is 0 Å². The third-order valence-corrected chi connectivity index (χ3v) is 5.41. The van der Waals surface area contributed by atoms with Crippen molar-refractivity contribution in [3.8, 4) is 0 Å². The van der Waals surface area contributed by atoms with Crippen LogP contribution >= 0.6 is 22.7 Å². The highest BCUT2D eigenvalue weighted by atomic mass is 32.1. The number of aromatic nitrogens is 1. The molecule has 20 heavy (non-hydrogen) atoms. The molecule has 2 unspecified atom stereocenters. The van der Waals surface area contributed by atoms with E-state index in [-0.39, 0.29) is 0 Å². The van der Waals surface area contributed by atoms with Gasteiger partial charge in [-0.3, -0.25) is 4.98 Å². The van der Waals surface area contributed by atoms with Crippen molar-refractivity contribution >= 4 is 32.9 Å². The number of hydrogen-bond acceptors (Lipinski definition) is 4. The van der Waals surface area contributed by atoms with Crippen LogP contribution in [-0.2, 0) is 0 Å². The van der Waals surface area contributed by atoms with Gasteiger partial charge in [-0.05, 0) is 47.9 Å². The molecule has 2 atom stereocenters. The van der Waals surface area contributed by atoms with Gasteiger partial charge in [0.2, 0.25) is 0 Å². The predicted octanol–water partition coefficient (Wildman–Crippen LogP) is 5.16. The Balaban J connectivity index is 1.79. The van der Waals surface area contributed by atoms with Crippen LogP contribution < -0.4 is 5.32 Å². The van der Waals surface area contributed by atoms with Crippen LogP contribution in [0.4, 0.5) is 0 Å². The summed E-state index contributed by atoms with van der Waals surface area (Å²) in [7, 11) is 0. The van der Waals surface area contributed by atoms with Crippen molar-refractivity contribution in [3.05, 3.63) is 51.7 Å². The maximum absolute atomic E-state index is 4.53. The molecule has 2 nitrogen and oxygen atoms in total. The summed E-state index contributed by atoms with van der Waals surface area (Å²) < 4.78 is 1.26. The molecule has 0 saturated carbocycles. The topological polar surface area (TPSA) is 24.9 Å². The fourth-order valence-electron chi connectivity index (χ4n) is 2.39. The third kappa shape index (κ3) is 2.77. The molecule has 0 spiro atoms. The molecule has 0 fully saturated rings. The first-order valence-electron chi connectivity index (χ1n) is 6.90. The van der Waals surface area contributed by atoms with E-state index in [1.54, 1.807) is 11.3 Å². The number of rotatable bonds is 5. The molecule has 0 aliphatic carbocycles. The molecule has 1 N–H and O–H groups in total. The van der Waals surface area contributed by atoms with Gasteiger partial charge in [-0.25, -0.2) is 0 Å². The largest absolute Gasteiger partial charge is 0.303 e. The van der Waals surface area contributed by atoms with Crippen molar-refractivity contribution in [2.45, 2.75) is 32.4 Å². The number of pyridine rings is 1. The quantitative estimate of drug-likeness (QED) is 0.704. The molecule has 3 rings (SSSR count). The molecule has 0 bridgehead atoms. The number of nitrogens with one attached hydrogen (secondary N) is 1. The lowest BCUT2D eigenvalue weighted by atomic mass is 10.1. The Hall–Kier alpha value is -1.23. The summed E-state index contributed by atoms with van der Waals surface area (Å²) in [4.78, 5) is 5.94.